The number of carbonyl (C=O) groups is 1. The van der Waals surface area contributed by atoms with Gasteiger partial charge in [-0.3, -0.25) is 4.79 Å². The van der Waals surface area contributed by atoms with Crippen LogP contribution in [0.15, 0.2) is 36.4 Å². The highest BCUT2D eigenvalue weighted by Gasteiger charge is 2.22. The number of benzene rings is 2. The van der Waals surface area contributed by atoms with E-state index in [1.165, 1.54) is 5.56 Å². The average molecular weight is 381 g/mol. The molecule has 2 aromatic rings. The lowest BCUT2D eigenvalue weighted by Crippen LogP contribution is -2.34. The number of nitrogens with one attached hydrogen (secondary N) is 1. The summed E-state index contributed by atoms with van der Waals surface area (Å²) in [6, 6.07) is 11.3. The Kier molecular flexibility index (Phi) is 6.57. The van der Waals surface area contributed by atoms with Crippen LogP contribution in [0.25, 0.3) is 0 Å². The fourth-order valence-electron chi connectivity index (χ4n) is 3.11. The Balaban J connectivity index is 0.00000225. The molecule has 0 saturated heterocycles. The van der Waals surface area contributed by atoms with Gasteiger partial charge < -0.3 is 15.8 Å². The monoisotopic (exact) mass is 380 g/mol. The third-order valence-electron chi connectivity index (χ3n) is 4.39. The largest absolute Gasteiger partial charge is 0.483 e. The summed E-state index contributed by atoms with van der Waals surface area (Å²) in [5.41, 5.74) is 9.83. The summed E-state index contributed by atoms with van der Waals surface area (Å²) in [5, 5.41) is 3.69. The molecule has 3 rings (SSSR count). The third kappa shape index (κ3) is 4.59. The van der Waals surface area contributed by atoms with Crippen molar-refractivity contribution in [3.63, 3.8) is 0 Å². The van der Waals surface area contributed by atoms with Gasteiger partial charge in [-0.15, -0.1) is 12.4 Å². The number of fused-ring (bicyclic) bond motifs is 1. The van der Waals surface area contributed by atoms with Crippen molar-refractivity contribution in [2.45, 2.75) is 32.2 Å². The summed E-state index contributed by atoms with van der Waals surface area (Å²) >= 11 is 6.06. The maximum atomic E-state index is 12.3. The van der Waals surface area contributed by atoms with Crippen LogP contribution in [-0.4, -0.2) is 12.5 Å². The van der Waals surface area contributed by atoms with E-state index in [0.717, 1.165) is 36.1 Å². The number of amides is 1. The van der Waals surface area contributed by atoms with Gasteiger partial charge in [0, 0.05) is 16.3 Å². The SMILES string of the molecule is Cc1c(Cl)cccc1OCC(=O)NC1CCCc2cc(N)ccc21.Cl. The van der Waals surface area contributed by atoms with Gasteiger partial charge in [0.05, 0.1) is 6.04 Å². The van der Waals surface area contributed by atoms with Crippen molar-refractivity contribution in [1.82, 2.24) is 5.32 Å². The van der Waals surface area contributed by atoms with Crippen molar-refractivity contribution >= 4 is 35.6 Å². The van der Waals surface area contributed by atoms with Crippen molar-refractivity contribution in [2.24, 2.45) is 0 Å². The molecule has 1 aliphatic rings. The third-order valence-corrected chi connectivity index (χ3v) is 4.80. The second-order valence-electron chi connectivity index (χ2n) is 6.12. The van der Waals surface area contributed by atoms with Crippen LogP contribution in [0.1, 0.15) is 35.6 Å². The summed E-state index contributed by atoms with van der Waals surface area (Å²) in [6.45, 7) is 1.85. The molecule has 0 radical (unpaired) electrons. The minimum absolute atomic E-state index is 0. The van der Waals surface area contributed by atoms with Crippen LogP contribution in [0.2, 0.25) is 5.02 Å². The second kappa shape index (κ2) is 8.45. The molecule has 2 aromatic carbocycles. The molecule has 0 spiro atoms. The fraction of sp³-hybridized carbons (Fsp3) is 0.316. The van der Waals surface area contributed by atoms with Gasteiger partial charge >= 0.3 is 0 Å². The van der Waals surface area contributed by atoms with E-state index in [1.807, 2.05) is 37.3 Å². The molecule has 0 heterocycles. The van der Waals surface area contributed by atoms with E-state index in [0.29, 0.717) is 10.8 Å². The van der Waals surface area contributed by atoms with Gasteiger partial charge in [0.25, 0.3) is 5.91 Å². The highest BCUT2D eigenvalue weighted by molar-refractivity contribution is 6.31. The zero-order valence-corrected chi connectivity index (χ0v) is 15.6. The zero-order valence-electron chi connectivity index (χ0n) is 14.0. The zero-order chi connectivity index (χ0) is 17.1. The summed E-state index contributed by atoms with van der Waals surface area (Å²) < 4.78 is 5.61. The number of ether oxygens (including phenoxy) is 1. The second-order valence-corrected chi connectivity index (χ2v) is 6.53. The number of carbonyl (C=O) groups excluding carboxylic acids is 1. The molecular weight excluding hydrogens is 359 g/mol. The number of hydrogen-bond acceptors (Lipinski definition) is 3. The van der Waals surface area contributed by atoms with E-state index in [4.69, 9.17) is 22.1 Å². The standard InChI is InChI=1S/C19H21ClN2O2.ClH/c1-12-16(20)5-3-7-18(12)24-11-19(23)22-17-6-2-4-13-10-14(21)8-9-15(13)17;/h3,5,7-10,17H,2,4,6,11,21H2,1H3,(H,22,23);1H. The first-order valence-corrected chi connectivity index (χ1v) is 8.48. The Morgan fingerprint density at radius 3 is 2.96 bits per heavy atom. The number of rotatable bonds is 4. The predicted molar refractivity (Wildman–Crippen MR) is 104 cm³/mol. The highest BCUT2D eigenvalue weighted by Crippen LogP contribution is 2.31. The van der Waals surface area contributed by atoms with Gasteiger partial charge in [-0.05, 0) is 61.6 Å². The van der Waals surface area contributed by atoms with E-state index in [1.54, 1.807) is 6.07 Å². The molecule has 1 unspecified atom stereocenters. The van der Waals surface area contributed by atoms with E-state index in [2.05, 4.69) is 5.32 Å². The first-order valence-electron chi connectivity index (χ1n) is 8.10. The summed E-state index contributed by atoms with van der Waals surface area (Å²) in [4.78, 5) is 12.3. The Bertz CT molecular complexity index is 765. The fourth-order valence-corrected chi connectivity index (χ4v) is 3.27. The van der Waals surface area contributed by atoms with Crippen LogP contribution in [0.5, 0.6) is 5.75 Å². The summed E-state index contributed by atoms with van der Waals surface area (Å²) in [6.07, 6.45) is 2.97. The Hall–Kier alpha value is -1.91. The number of aryl methyl sites for hydroxylation is 1. The topological polar surface area (TPSA) is 64.3 Å². The number of nitrogens with two attached hydrogens (primary N) is 1. The molecule has 0 saturated carbocycles. The molecule has 134 valence electrons. The van der Waals surface area contributed by atoms with Crippen LogP contribution in [0, 0.1) is 6.92 Å². The first-order chi connectivity index (χ1) is 11.5. The average Bonchev–Trinajstić information content (AvgIpc) is 2.56. The van der Waals surface area contributed by atoms with Crippen molar-refractivity contribution in [3.05, 3.63) is 58.1 Å². The lowest BCUT2D eigenvalue weighted by molar-refractivity contribution is -0.124. The van der Waals surface area contributed by atoms with Crippen LogP contribution in [0.4, 0.5) is 5.69 Å². The normalized spacial score (nSPS) is 15.7. The molecule has 0 bridgehead atoms. The smallest absolute Gasteiger partial charge is 0.258 e. The van der Waals surface area contributed by atoms with Gasteiger partial charge in [-0.25, -0.2) is 0 Å². The predicted octanol–water partition coefficient (Wildman–Crippen LogP) is 4.23. The van der Waals surface area contributed by atoms with Crippen molar-refractivity contribution in [2.75, 3.05) is 12.3 Å². The van der Waals surface area contributed by atoms with Crippen molar-refractivity contribution < 1.29 is 9.53 Å². The molecule has 0 aromatic heterocycles. The minimum atomic E-state index is -0.135. The maximum Gasteiger partial charge on any atom is 0.258 e. The number of hydrogen-bond donors (Lipinski definition) is 2. The maximum absolute atomic E-state index is 12.3. The summed E-state index contributed by atoms with van der Waals surface area (Å²) in [5.74, 6) is 0.499. The van der Waals surface area contributed by atoms with Crippen LogP contribution < -0.4 is 15.8 Å². The van der Waals surface area contributed by atoms with Gasteiger partial charge in [-0.2, -0.15) is 0 Å². The molecule has 1 aliphatic carbocycles. The summed E-state index contributed by atoms with van der Waals surface area (Å²) in [7, 11) is 0. The molecule has 0 aliphatic heterocycles. The van der Waals surface area contributed by atoms with Crippen LogP contribution >= 0.6 is 24.0 Å². The molecule has 1 amide bonds. The Morgan fingerprint density at radius 1 is 1.36 bits per heavy atom. The van der Waals surface area contributed by atoms with Crippen LogP contribution in [0.3, 0.4) is 0 Å². The van der Waals surface area contributed by atoms with E-state index in [9.17, 15) is 4.79 Å². The Labute approximate surface area is 159 Å². The quantitative estimate of drug-likeness (QED) is 0.780. The number of anilines is 1. The van der Waals surface area contributed by atoms with E-state index >= 15 is 0 Å². The van der Waals surface area contributed by atoms with Crippen molar-refractivity contribution in [3.8, 4) is 5.75 Å². The number of nitrogen functional groups attached to an aromatic ring is 1. The molecule has 4 nitrogen and oxygen atoms in total. The Morgan fingerprint density at radius 2 is 2.16 bits per heavy atom. The lowest BCUT2D eigenvalue weighted by Gasteiger charge is -2.26. The molecule has 6 heteroatoms. The molecule has 0 fully saturated rings. The van der Waals surface area contributed by atoms with Gasteiger partial charge in [-0.1, -0.05) is 23.7 Å². The molecular formula is C19H22Cl2N2O2. The van der Waals surface area contributed by atoms with E-state index in [-0.39, 0.29) is 31.0 Å². The van der Waals surface area contributed by atoms with E-state index < -0.39 is 0 Å². The van der Waals surface area contributed by atoms with Gasteiger partial charge in [0.2, 0.25) is 0 Å². The highest BCUT2D eigenvalue weighted by atomic mass is 35.5. The molecule has 25 heavy (non-hydrogen) atoms. The van der Waals surface area contributed by atoms with Gasteiger partial charge in [0.15, 0.2) is 6.61 Å². The minimum Gasteiger partial charge on any atom is -0.483 e. The first kappa shape index (κ1) is 19.4. The number of halogens is 2. The van der Waals surface area contributed by atoms with Crippen LogP contribution in [-0.2, 0) is 11.2 Å². The lowest BCUT2D eigenvalue weighted by atomic mass is 9.87. The molecule has 1 atom stereocenters. The van der Waals surface area contributed by atoms with Gasteiger partial charge in [0.1, 0.15) is 5.75 Å². The van der Waals surface area contributed by atoms with Crippen molar-refractivity contribution in [1.29, 1.82) is 0 Å². The molecule has 3 N–H and O–H groups in total.